The minimum atomic E-state index is -0.321. The molecule has 0 aromatic carbocycles. The number of aromatic nitrogens is 1. The molecule has 26 heavy (non-hydrogen) atoms. The molecule has 2 rings (SSSR count). The van der Waals surface area contributed by atoms with Crippen molar-refractivity contribution in [2.75, 3.05) is 25.5 Å². The Balaban J connectivity index is 1.89. The summed E-state index contributed by atoms with van der Waals surface area (Å²) in [5, 5.41) is 5.05. The van der Waals surface area contributed by atoms with Crippen molar-refractivity contribution in [3.63, 3.8) is 0 Å². The van der Waals surface area contributed by atoms with E-state index in [1.807, 2.05) is 0 Å². The van der Waals surface area contributed by atoms with E-state index >= 15 is 0 Å². The molecule has 1 aliphatic rings. The molecule has 0 atom stereocenters. The van der Waals surface area contributed by atoms with Crippen molar-refractivity contribution >= 4 is 34.3 Å². The molecule has 1 saturated carbocycles. The number of rotatable bonds is 9. The minimum absolute atomic E-state index is 0.0210. The highest BCUT2D eigenvalue weighted by Crippen LogP contribution is 2.24. The van der Waals surface area contributed by atoms with Gasteiger partial charge in [0.2, 0.25) is 11.8 Å². The van der Waals surface area contributed by atoms with Gasteiger partial charge in [-0.3, -0.25) is 14.4 Å². The van der Waals surface area contributed by atoms with Gasteiger partial charge in [-0.15, -0.1) is 11.3 Å². The van der Waals surface area contributed by atoms with E-state index in [1.54, 1.807) is 16.5 Å². The van der Waals surface area contributed by atoms with Gasteiger partial charge >= 0.3 is 5.97 Å². The van der Waals surface area contributed by atoms with Crippen LogP contribution in [0.3, 0.4) is 0 Å². The van der Waals surface area contributed by atoms with E-state index in [9.17, 15) is 14.4 Å². The Hall–Kier alpha value is -1.96. The SMILES string of the molecule is COC(=O)CCCC(=O)N(CC(=O)Nc1nccs1)CC1CCCCC1. The van der Waals surface area contributed by atoms with Crippen molar-refractivity contribution in [2.24, 2.45) is 5.92 Å². The predicted molar refractivity (Wildman–Crippen MR) is 99.8 cm³/mol. The summed E-state index contributed by atoms with van der Waals surface area (Å²) in [5.74, 6) is -0.204. The molecule has 1 heterocycles. The van der Waals surface area contributed by atoms with E-state index in [-0.39, 0.29) is 37.2 Å². The average molecular weight is 381 g/mol. The molecule has 0 aliphatic heterocycles. The lowest BCUT2D eigenvalue weighted by Gasteiger charge is -2.29. The smallest absolute Gasteiger partial charge is 0.305 e. The van der Waals surface area contributed by atoms with Crippen LogP contribution in [0.2, 0.25) is 0 Å². The molecule has 0 saturated heterocycles. The highest BCUT2D eigenvalue weighted by Gasteiger charge is 2.23. The fourth-order valence-electron chi connectivity index (χ4n) is 3.20. The summed E-state index contributed by atoms with van der Waals surface area (Å²) >= 11 is 1.34. The summed E-state index contributed by atoms with van der Waals surface area (Å²) in [7, 11) is 1.34. The first-order valence-corrected chi connectivity index (χ1v) is 10.0. The molecule has 0 spiro atoms. The second-order valence-electron chi connectivity index (χ2n) is 6.59. The second-order valence-corrected chi connectivity index (χ2v) is 7.49. The zero-order chi connectivity index (χ0) is 18.8. The van der Waals surface area contributed by atoms with Crippen LogP contribution in [0.15, 0.2) is 11.6 Å². The first-order chi connectivity index (χ1) is 12.6. The fourth-order valence-corrected chi connectivity index (χ4v) is 3.74. The average Bonchev–Trinajstić information content (AvgIpc) is 3.14. The third kappa shape index (κ3) is 7.11. The number of methoxy groups -OCH3 is 1. The van der Waals surface area contributed by atoms with E-state index in [0.29, 0.717) is 24.0 Å². The highest BCUT2D eigenvalue weighted by molar-refractivity contribution is 7.13. The van der Waals surface area contributed by atoms with Gasteiger partial charge in [-0.2, -0.15) is 0 Å². The Morgan fingerprint density at radius 2 is 2.04 bits per heavy atom. The Labute approximate surface area is 158 Å². The van der Waals surface area contributed by atoms with Gasteiger partial charge in [-0.1, -0.05) is 19.3 Å². The number of nitrogens with one attached hydrogen (secondary N) is 1. The Kier molecular flexibility index (Phi) is 8.53. The lowest BCUT2D eigenvalue weighted by atomic mass is 9.89. The summed E-state index contributed by atoms with van der Waals surface area (Å²) in [5.41, 5.74) is 0. The summed E-state index contributed by atoms with van der Waals surface area (Å²) in [6.07, 6.45) is 8.31. The lowest BCUT2D eigenvalue weighted by Crippen LogP contribution is -2.41. The number of nitrogens with zero attached hydrogens (tertiary/aromatic N) is 2. The standard InChI is InChI=1S/C18H27N3O4S/c1-25-17(24)9-5-8-16(23)21(12-14-6-3-2-4-7-14)13-15(22)20-18-19-10-11-26-18/h10-11,14H,2-9,12-13H2,1H3,(H,19,20,22). The first-order valence-electron chi connectivity index (χ1n) is 9.12. The highest BCUT2D eigenvalue weighted by atomic mass is 32.1. The van der Waals surface area contributed by atoms with Gasteiger partial charge in [-0.05, 0) is 25.2 Å². The van der Waals surface area contributed by atoms with Crippen molar-refractivity contribution in [2.45, 2.75) is 51.4 Å². The summed E-state index contributed by atoms with van der Waals surface area (Å²) in [4.78, 5) is 41.8. The lowest BCUT2D eigenvalue weighted by molar-refractivity contribution is -0.141. The molecule has 0 bridgehead atoms. The summed E-state index contributed by atoms with van der Waals surface area (Å²) in [6.45, 7) is 0.621. The Morgan fingerprint density at radius 1 is 1.27 bits per heavy atom. The molecule has 1 N–H and O–H groups in total. The molecule has 1 aromatic rings. The molecule has 1 fully saturated rings. The van der Waals surface area contributed by atoms with E-state index in [4.69, 9.17) is 0 Å². The molecule has 144 valence electrons. The van der Waals surface area contributed by atoms with Crippen molar-refractivity contribution in [3.05, 3.63) is 11.6 Å². The second kappa shape index (κ2) is 10.9. The van der Waals surface area contributed by atoms with Crippen LogP contribution in [0.4, 0.5) is 5.13 Å². The minimum Gasteiger partial charge on any atom is -0.469 e. The number of hydrogen-bond donors (Lipinski definition) is 1. The zero-order valence-corrected chi connectivity index (χ0v) is 16.1. The number of carbonyl (C=O) groups is 3. The Morgan fingerprint density at radius 3 is 2.69 bits per heavy atom. The van der Waals surface area contributed by atoms with Crippen LogP contribution in [-0.2, 0) is 19.1 Å². The van der Waals surface area contributed by atoms with Crippen LogP contribution in [0, 0.1) is 5.92 Å². The monoisotopic (exact) mass is 381 g/mol. The number of amides is 2. The van der Waals surface area contributed by atoms with Crippen LogP contribution in [0.25, 0.3) is 0 Å². The van der Waals surface area contributed by atoms with Gasteiger partial charge < -0.3 is 15.0 Å². The number of carbonyl (C=O) groups excluding carboxylic acids is 3. The number of esters is 1. The molecular formula is C18H27N3O4S. The van der Waals surface area contributed by atoms with E-state index < -0.39 is 0 Å². The Bertz CT molecular complexity index is 585. The molecule has 7 nitrogen and oxygen atoms in total. The topological polar surface area (TPSA) is 88.6 Å². The van der Waals surface area contributed by atoms with Gasteiger partial charge in [0.15, 0.2) is 5.13 Å². The zero-order valence-electron chi connectivity index (χ0n) is 15.2. The normalized spacial score (nSPS) is 14.7. The van der Waals surface area contributed by atoms with Crippen LogP contribution in [-0.4, -0.2) is 47.9 Å². The number of thiazole rings is 1. The predicted octanol–water partition coefficient (Wildman–Crippen LogP) is 2.83. The van der Waals surface area contributed by atoms with E-state index in [0.717, 1.165) is 12.8 Å². The largest absolute Gasteiger partial charge is 0.469 e. The molecule has 1 aliphatic carbocycles. The maximum Gasteiger partial charge on any atom is 0.305 e. The summed E-state index contributed by atoms with van der Waals surface area (Å²) in [6, 6.07) is 0. The van der Waals surface area contributed by atoms with Crippen molar-refractivity contribution < 1.29 is 19.1 Å². The molecule has 0 radical (unpaired) electrons. The quantitative estimate of drug-likeness (QED) is 0.665. The van der Waals surface area contributed by atoms with Crippen molar-refractivity contribution in [1.29, 1.82) is 0 Å². The molecular weight excluding hydrogens is 354 g/mol. The van der Waals surface area contributed by atoms with E-state index in [1.165, 1.54) is 37.7 Å². The van der Waals surface area contributed by atoms with Crippen LogP contribution < -0.4 is 5.32 Å². The first kappa shape index (κ1) is 20.4. The van der Waals surface area contributed by atoms with Crippen molar-refractivity contribution in [3.8, 4) is 0 Å². The van der Waals surface area contributed by atoms with Gasteiger partial charge in [-0.25, -0.2) is 4.98 Å². The molecule has 2 amide bonds. The molecule has 0 unspecified atom stereocenters. The number of ether oxygens (including phenoxy) is 1. The summed E-state index contributed by atoms with van der Waals surface area (Å²) < 4.78 is 4.60. The number of anilines is 1. The van der Waals surface area contributed by atoms with Crippen LogP contribution in [0.5, 0.6) is 0 Å². The molecule has 8 heteroatoms. The maximum absolute atomic E-state index is 12.6. The van der Waals surface area contributed by atoms with Gasteiger partial charge in [0.1, 0.15) is 0 Å². The van der Waals surface area contributed by atoms with Gasteiger partial charge in [0, 0.05) is 31.0 Å². The number of hydrogen-bond acceptors (Lipinski definition) is 6. The van der Waals surface area contributed by atoms with Gasteiger partial charge in [0.05, 0.1) is 13.7 Å². The van der Waals surface area contributed by atoms with E-state index in [2.05, 4.69) is 15.0 Å². The fraction of sp³-hybridized carbons (Fsp3) is 0.667. The third-order valence-electron chi connectivity index (χ3n) is 4.57. The maximum atomic E-state index is 12.6. The van der Waals surface area contributed by atoms with Crippen molar-refractivity contribution in [1.82, 2.24) is 9.88 Å². The van der Waals surface area contributed by atoms with Crippen LogP contribution >= 0.6 is 11.3 Å². The molecule has 1 aromatic heterocycles. The van der Waals surface area contributed by atoms with Gasteiger partial charge in [0.25, 0.3) is 0 Å². The third-order valence-corrected chi connectivity index (χ3v) is 5.26. The van der Waals surface area contributed by atoms with Crippen LogP contribution in [0.1, 0.15) is 51.4 Å².